The Hall–Kier alpha value is -2.08. The molecular formula is C20H20. The van der Waals surface area contributed by atoms with Crippen molar-refractivity contribution in [2.24, 2.45) is 5.92 Å². The summed E-state index contributed by atoms with van der Waals surface area (Å²) in [4.78, 5) is 0. The maximum atomic E-state index is 2.30. The zero-order chi connectivity index (χ0) is 14.1. The second-order valence-corrected chi connectivity index (χ2v) is 5.70. The van der Waals surface area contributed by atoms with E-state index in [-0.39, 0.29) is 0 Å². The number of aryl methyl sites for hydroxylation is 2. The Morgan fingerprint density at radius 1 is 0.600 bits per heavy atom. The van der Waals surface area contributed by atoms with E-state index < -0.39 is 0 Å². The first-order valence-electron chi connectivity index (χ1n) is 7.21. The van der Waals surface area contributed by atoms with Gasteiger partial charge in [0.15, 0.2) is 0 Å². The molecule has 0 radical (unpaired) electrons. The predicted octanol–water partition coefficient (Wildman–Crippen LogP) is 5.42. The average molecular weight is 260 g/mol. The highest BCUT2D eigenvalue weighted by atomic mass is 14.2. The van der Waals surface area contributed by atoms with Crippen LogP contribution in [0.1, 0.15) is 29.2 Å². The summed E-state index contributed by atoms with van der Waals surface area (Å²) in [5.41, 5.74) is 8.13. The molecule has 20 heavy (non-hydrogen) atoms. The standard InChI is InChI=1S/C20H20/c1-14-4-8-17(9-5-14)19-12-13-20(16(19)3)18-10-6-15(2)7-11-18/h4-13,16H,1-3H3. The molecule has 100 valence electrons. The Labute approximate surface area is 121 Å². The molecule has 2 aromatic rings. The van der Waals surface area contributed by atoms with Gasteiger partial charge < -0.3 is 0 Å². The topological polar surface area (TPSA) is 0 Å². The van der Waals surface area contributed by atoms with E-state index in [1.807, 2.05) is 0 Å². The molecule has 3 rings (SSSR count). The maximum Gasteiger partial charge on any atom is 0.00728 e. The van der Waals surface area contributed by atoms with Crippen molar-refractivity contribution < 1.29 is 0 Å². The molecule has 0 unspecified atom stereocenters. The van der Waals surface area contributed by atoms with Gasteiger partial charge in [0, 0.05) is 5.92 Å². The van der Waals surface area contributed by atoms with E-state index in [2.05, 4.69) is 81.5 Å². The van der Waals surface area contributed by atoms with E-state index in [0.717, 1.165) is 0 Å². The van der Waals surface area contributed by atoms with Crippen LogP contribution in [0.25, 0.3) is 11.1 Å². The van der Waals surface area contributed by atoms with E-state index in [4.69, 9.17) is 0 Å². The Bertz CT molecular complexity index is 605. The number of hydrogen-bond acceptors (Lipinski definition) is 0. The minimum atomic E-state index is 0.459. The van der Waals surface area contributed by atoms with Crippen LogP contribution in [-0.4, -0.2) is 0 Å². The summed E-state index contributed by atoms with van der Waals surface area (Å²) in [6.45, 7) is 6.56. The van der Waals surface area contributed by atoms with E-state index >= 15 is 0 Å². The van der Waals surface area contributed by atoms with Gasteiger partial charge >= 0.3 is 0 Å². The van der Waals surface area contributed by atoms with E-state index in [1.165, 1.54) is 33.4 Å². The van der Waals surface area contributed by atoms with Gasteiger partial charge in [-0.2, -0.15) is 0 Å². The van der Waals surface area contributed by atoms with Crippen molar-refractivity contribution in [3.63, 3.8) is 0 Å². The Morgan fingerprint density at radius 2 is 0.950 bits per heavy atom. The fourth-order valence-corrected chi connectivity index (χ4v) is 2.82. The lowest BCUT2D eigenvalue weighted by Crippen LogP contribution is -1.98. The Kier molecular flexibility index (Phi) is 3.31. The molecule has 0 heteroatoms. The minimum Gasteiger partial charge on any atom is -0.0587 e. The molecule has 0 fully saturated rings. The van der Waals surface area contributed by atoms with Crippen molar-refractivity contribution in [2.45, 2.75) is 20.8 Å². The summed E-state index contributed by atoms with van der Waals surface area (Å²) in [6, 6.07) is 17.7. The SMILES string of the molecule is Cc1ccc(C2=CC=C(c3ccc(C)cc3)C2C)cc1. The summed E-state index contributed by atoms with van der Waals surface area (Å²) < 4.78 is 0. The first-order chi connectivity index (χ1) is 9.65. The Morgan fingerprint density at radius 3 is 1.30 bits per heavy atom. The largest absolute Gasteiger partial charge is 0.0587 e. The average Bonchev–Trinajstić information content (AvgIpc) is 2.83. The van der Waals surface area contributed by atoms with Gasteiger partial charge in [0.05, 0.1) is 0 Å². The second kappa shape index (κ2) is 5.13. The molecule has 1 aliphatic rings. The molecule has 0 amide bonds. The first kappa shape index (κ1) is 12.9. The van der Waals surface area contributed by atoms with Crippen LogP contribution in [0.4, 0.5) is 0 Å². The van der Waals surface area contributed by atoms with Gasteiger partial charge in [-0.15, -0.1) is 0 Å². The number of hydrogen-bond donors (Lipinski definition) is 0. The lowest BCUT2D eigenvalue weighted by Gasteiger charge is -2.15. The highest BCUT2D eigenvalue weighted by Gasteiger charge is 2.20. The molecular weight excluding hydrogens is 240 g/mol. The van der Waals surface area contributed by atoms with E-state index in [9.17, 15) is 0 Å². The molecule has 0 saturated carbocycles. The van der Waals surface area contributed by atoms with Gasteiger partial charge in [-0.25, -0.2) is 0 Å². The van der Waals surface area contributed by atoms with Gasteiger partial charge in [-0.1, -0.05) is 78.7 Å². The maximum absolute atomic E-state index is 2.30. The molecule has 0 spiro atoms. The Balaban J connectivity index is 1.87. The van der Waals surface area contributed by atoms with Crippen LogP contribution in [-0.2, 0) is 0 Å². The van der Waals surface area contributed by atoms with Gasteiger partial charge in [0.2, 0.25) is 0 Å². The second-order valence-electron chi connectivity index (χ2n) is 5.70. The molecule has 0 N–H and O–H groups in total. The molecule has 0 saturated heterocycles. The third-order valence-corrected chi connectivity index (χ3v) is 4.15. The van der Waals surface area contributed by atoms with Crippen LogP contribution in [0.5, 0.6) is 0 Å². The van der Waals surface area contributed by atoms with Crippen LogP contribution < -0.4 is 0 Å². The molecule has 0 bridgehead atoms. The molecule has 0 aliphatic heterocycles. The highest BCUT2D eigenvalue weighted by Crippen LogP contribution is 2.39. The van der Waals surface area contributed by atoms with Crippen molar-refractivity contribution in [2.75, 3.05) is 0 Å². The molecule has 0 aromatic heterocycles. The van der Waals surface area contributed by atoms with Crippen molar-refractivity contribution in [1.29, 1.82) is 0 Å². The predicted molar refractivity (Wildman–Crippen MR) is 87.5 cm³/mol. The zero-order valence-electron chi connectivity index (χ0n) is 12.4. The zero-order valence-corrected chi connectivity index (χ0v) is 12.4. The van der Waals surface area contributed by atoms with E-state index in [0.29, 0.717) is 5.92 Å². The summed E-state index contributed by atoms with van der Waals surface area (Å²) >= 11 is 0. The van der Waals surface area contributed by atoms with Crippen LogP contribution in [0.15, 0.2) is 60.7 Å². The number of rotatable bonds is 2. The van der Waals surface area contributed by atoms with Crippen molar-refractivity contribution in [1.82, 2.24) is 0 Å². The third-order valence-electron chi connectivity index (χ3n) is 4.15. The molecule has 2 aromatic carbocycles. The summed E-state index contributed by atoms with van der Waals surface area (Å²) in [6.07, 6.45) is 4.54. The highest BCUT2D eigenvalue weighted by molar-refractivity contribution is 5.88. The van der Waals surface area contributed by atoms with Crippen molar-refractivity contribution in [3.8, 4) is 0 Å². The minimum absolute atomic E-state index is 0.459. The molecule has 0 atom stereocenters. The van der Waals surface area contributed by atoms with Crippen molar-refractivity contribution >= 4 is 11.1 Å². The van der Waals surface area contributed by atoms with Crippen LogP contribution in [0.3, 0.4) is 0 Å². The van der Waals surface area contributed by atoms with Crippen molar-refractivity contribution in [3.05, 3.63) is 82.9 Å². The molecule has 0 nitrogen and oxygen atoms in total. The summed E-state index contributed by atoms with van der Waals surface area (Å²) in [5, 5.41) is 0. The van der Waals surface area contributed by atoms with Crippen LogP contribution >= 0.6 is 0 Å². The van der Waals surface area contributed by atoms with Gasteiger partial charge in [0.25, 0.3) is 0 Å². The molecule has 1 aliphatic carbocycles. The number of benzene rings is 2. The lowest BCUT2D eigenvalue weighted by molar-refractivity contribution is 1.00. The lowest BCUT2D eigenvalue weighted by atomic mass is 9.88. The van der Waals surface area contributed by atoms with Crippen LogP contribution in [0, 0.1) is 19.8 Å². The third kappa shape index (κ3) is 2.34. The summed E-state index contributed by atoms with van der Waals surface area (Å²) in [7, 11) is 0. The van der Waals surface area contributed by atoms with Crippen LogP contribution in [0.2, 0.25) is 0 Å². The van der Waals surface area contributed by atoms with Gasteiger partial charge in [-0.05, 0) is 36.1 Å². The van der Waals surface area contributed by atoms with Gasteiger partial charge in [-0.3, -0.25) is 0 Å². The summed E-state index contributed by atoms with van der Waals surface area (Å²) in [5.74, 6) is 0.459. The molecule has 0 heterocycles. The quantitative estimate of drug-likeness (QED) is 0.676. The fourth-order valence-electron chi connectivity index (χ4n) is 2.82. The fraction of sp³-hybridized carbons (Fsp3) is 0.200. The number of allylic oxidation sites excluding steroid dienone is 4. The first-order valence-corrected chi connectivity index (χ1v) is 7.21. The normalized spacial score (nSPS) is 15.2. The van der Waals surface area contributed by atoms with Gasteiger partial charge in [0.1, 0.15) is 0 Å². The van der Waals surface area contributed by atoms with E-state index in [1.54, 1.807) is 0 Å². The smallest absolute Gasteiger partial charge is 0.00728 e. The monoisotopic (exact) mass is 260 g/mol.